The van der Waals surface area contributed by atoms with Gasteiger partial charge in [-0.2, -0.15) is 5.10 Å². The summed E-state index contributed by atoms with van der Waals surface area (Å²) in [5.41, 5.74) is 4.65. The quantitative estimate of drug-likeness (QED) is 0.292. The Morgan fingerprint density at radius 2 is 1.93 bits per heavy atom. The molecule has 0 aliphatic heterocycles. The molecule has 3 rings (SSSR count). The molecule has 154 valence electrons. The predicted molar refractivity (Wildman–Crippen MR) is 129 cm³/mol. The number of nitrogens with zero attached hydrogens (tertiary/aromatic N) is 3. The van der Waals surface area contributed by atoms with Gasteiger partial charge >= 0.3 is 0 Å². The van der Waals surface area contributed by atoms with Gasteiger partial charge in [-0.05, 0) is 48.7 Å². The Labute approximate surface area is 189 Å². The Hall–Kier alpha value is -2.55. The van der Waals surface area contributed by atoms with Crippen LogP contribution in [0.15, 0.2) is 65.9 Å². The number of nitrogens with one attached hydrogen (secondary N) is 2. The summed E-state index contributed by atoms with van der Waals surface area (Å²) in [6.07, 6.45) is 4.57. The number of methoxy groups -OCH3 is 1. The number of guanidine groups is 1. The van der Waals surface area contributed by atoms with Crippen molar-refractivity contribution in [1.29, 1.82) is 0 Å². The lowest BCUT2D eigenvalue weighted by molar-refractivity contribution is 0.409. The lowest BCUT2D eigenvalue weighted by Gasteiger charge is -2.14. The van der Waals surface area contributed by atoms with E-state index in [0.29, 0.717) is 6.54 Å². The van der Waals surface area contributed by atoms with Crippen LogP contribution in [0, 0.1) is 6.92 Å². The van der Waals surface area contributed by atoms with E-state index in [2.05, 4.69) is 64.0 Å². The molecule has 0 fully saturated rings. The van der Waals surface area contributed by atoms with E-state index in [1.807, 2.05) is 23.0 Å². The van der Waals surface area contributed by atoms with Crippen LogP contribution in [0.2, 0.25) is 0 Å². The third-order valence-corrected chi connectivity index (χ3v) is 4.51. The van der Waals surface area contributed by atoms with E-state index in [0.717, 1.165) is 30.4 Å². The van der Waals surface area contributed by atoms with Gasteiger partial charge in [0.05, 0.1) is 12.8 Å². The number of benzene rings is 2. The maximum Gasteiger partial charge on any atom is 0.191 e. The largest absolute Gasteiger partial charge is 0.496 e. The SMILES string of the molecule is CN=C(NCCc1cc(C)ccc1OC)NCc1ccc(-n2cccn2)cc1.I. The third-order valence-electron chi connectivity index (χ3n) is 4.51. The van der Waals surface area contributed by atoms with Crippen molar-refractivity contribution in [2.75, 3.05) is 20.7 Å². The fraction of sp³-hybridized carbons (Fsp3) is 0.273. The molecule has 29 heavy (non-hydrogen) atoms. The van der Waals surface area contributed by atoms with Crippen LogP contribution in [0.4, 0.5) is 0 Å². The maximum absolute atomic E-state index is 5.45. The smallest absolute Gasteiger partial charge is 0.191 e. The minimum atomic E-state index is 0. The van der Waals surface area contributed by atoms with Gasteiger partial charge in [0.1, 0.15) is 5.75 Å². The summed E-state index contributed by atoms with van der Waals surface area (Å²) in [4.78, 5) is 4.30. The minimum Gasteiger partial charge on any atom is -0.496 e. The highest BCUT2D eigenvalue weighted by atomic mass is 127. The highest BCUT2D eigenvalue weighted by Gasteiger charge is 2.04. The summed E-state index contributed by atoms with van der Waals surface area (Å²) in [5, 5.41) is 11.0. The second-order valence-electron chi connectivity index (χ2n) is 6.53. The van der Waals surface area contributed by atoms with Crippen molar-refractivity contribution < 1.29 is 4.74 Å². The standard InChI is InChI=1S/C22H27N5O.HI/c1-17-5-10-21(28-3)19(15-17)11-13-24-22(23-2)25-16-18-6-8-20(9-7-18)27-14-4-12-26-27;/h4-10,12,14-15H,11,13,16H2,1-3H3,(H2,23,24,25);1H. The molecule has 0 amide bonds. The Balaban J connectivity index is 0.00000300. The average Bonchev–Trinajstić information content (AvgIpc) is 3.26. The Morgan fingerprint density at radius 3 is 2.59 bits per heavy atom. The first-order valence-electron chi connectivity index (χ1n) is 9.36. The lowest BCUT2D eigenvalue weighted by Crippen LogP contribution is -2.37. The van der Waals surface area contributed by atoms with Gasteiger partial charge in [-0.25, -0.2) is 4.68 Å². The molecule has 1 aromatic heterocycles. The van der Waals surface area contributed by atoms with Crippen molar-refractivity contribution in [2.45, 2.75) is 19.9 Å². The number of ether oxygens (including phenoxy) is 1. The van der Waals surface area contributed by atoms with Crippen molar-refractivity contribution >= 4 is 29.9 Å². The van der Waals surface area contributed by atoms with Crippen LogP contribution in [0.1, 0.15) is 16.7 Å². The molecule has 7 heteroatoms. The van der Waals surface area contributed by atoms with Crippen molar-refractivity contribution in [1.82, 2.24) is 20.4 Å². The van der Waals surface area contributed by atoms with Crippen LogP contribution in [0.3, 0.4) is 0 Å². The van der Waals surface area contributed by atoms with Crippen molar-refractivity contribution in [3.63, 3.8) is 0 Å². The van der Waals surface area contributed by atoms with Gasteiger partial charge in [-0.3, -0.25) is 4.99 Å². The van der Waals surface area contributed by atoms with Crippen LogP contribution in [-0.2, 0) is 13.0 Å². The summed E-state index contributed by atoms with van der Waals surface area (Å²) < 4.78 is 7.29. The summed E-state index contributed by atoms with van der Waals surface area (Å²) in [7, 11) is 3.49. The van der Waals surface area contributed by atoms with E-state index in [4.69, 9.17) is 4.74 Å². The van der Waals surface area contributed by atoms with Gasteiger partial charge in [0.2, 0.25) is 0 Å². The van der Waals surface area contributed by atoms with Crippen molar-refractivity contribution in [3.8, 4) is 11.4 Å². The molecular formula is C22H28IN5O. The molecule has 1 heterocycles. The Kier molecular flexibility index (Phi) is 8.98. The van der Waals surface area contributed by atoms with Gasteiger partial charge in [0.15, 0.2) is 5.96 Å². The molecule has 0 spiro atoms. The van der Waals surface area contributed by atoms with Gasteiger partial charge < -0.3 is 15.4 Å². The van der Waals surface area contributed by atoms with E-state index in [9.17, 15) is 0 Å². The summed E-state index contributed by atoms with van der Waals surface area (Å²) in [5.74, 6) is 1.70. The van der Waals surface area contributed by atoms with E-state index >= 15 is 0 Å². The number of hydrogen-bond acceptors (Lipinski definition) is 3. The van der Waals surface area contributed by atoms with Gasteiger partial charge in [-0.1, -0.05) is 29.8 Å². The van der Waals surface area contributed by atoms with Crippen LogP contribution < -0.4 is 15.4 Å². The molecule has 6 nitrogen and oxygen atoms in total. The van der Waals surface area contributed by atoms with Crippen LogP contribution in [-0.4, -0.2) is 36.4 Å². The first kappa shape index (κ1) is 22.7. The maximum atomic E-state index is 5.45. The van der Waals surface area contributed by atoms with Gasteiger partial charge in [0, 0.05) is 32.5 Å². The molecule has 2 N–H and O–H groups in total. The number of aryl methyl sites for hydroxylation is 1. The topological polar surface area (TPSA) is 63.5 Å². The van der Waals surface area contributed by atoms with Crippen molar-refractivity contribution in [3.05, 3.63) is 77.6 Å². The van der Waals surface area contributed by atoms with Crippen LogP contribution >= 0.6 is 24.0 Å². The molecule has 0 bridgehead atoms. The van der Waals surface area contributed by atoms with Crippen molar-refractivity contribution in [2.24, 2.45) is 4.99 Å². The molecular weight excluding hydrogens is 477 g/mol. The normalized spacial score (nSPS) is 10.9. The van der Waals surface area contributed by atoms with E-state index < -0.39 is 0 Å². The molecule has 0 saturated heterocycles. The Morgan fingerprint density at radius 1 is 1.14 bits per heavy atom. The molecule has 0 aliphatic rings. The minimum absolute atomic E-state index is 0. The van der Waals surface area contributed by atoms with Crippen LogP contribution in [0.5, 0.6) is 5.75 Å². The van der Waals surface area contributed by atoms with Crippen LogP contribution in [0.25, 0.3) is 5.69 Å². The summed E-state index contributed by atoms with van der Waals surface area (Å²) >= 11 is 0. The lowest BCUT2D eigenvalue weighted by atomic mass is 10.1. The zero-order valence-corrected chi connectivity index (χ0v) is 19.4. The number of hydrogen-bond donors (Lipinski definition) is 2. The molecule has 0 saturated carbocycles. The van der Waals surface area contributed by atoms with E-state index in [1.165, 1.54) is 16.7 Å². The fourth-order valence-corrected chi connectivity index (χ4v) is 3.01. The zero-order chi connectivity index (χ0) is 19.8. The average molecular weight is 505 g/mol. The molecule has 3 aromatic rings. The van der Waals surface area contributed by atoms with Gasteiger partial charge in [0.25, 0.3) is 0 Å². The first-order chi connectivity index (χ1) is 13.7. The van der Waals surface area contributed by atoms with E-state index in [1.54, 1.807) is 20.4 Å². The first-order valence-corrected chi connectivity index (χ1v) is 9.36. The number of rotatable bonds is 7. The number of aromatic nitrogens is 2. The van der Waals surface area contributed by atoms with Gasteiger partial charge in [-0.15, -0.1) is 24.0 Å². The third kappa shape index (κ3) is 6.49. The molecule has 0 unspecified atom stereocenters. The molecule has 0 atom stereocenters. The Bertz CT molecular complexity index is 907. The second-order valence-corrected chi connectivity index (χ2v) is 6.53. The second kappa shape index (κ2) is 11.5. The zero-order valence-electron chi connectivity index (χ0n) is 17.1. The molecule has 2 aromatic carbocycles. The highest BCUT2D eigenvalue weighted by molar-refractivity contribution is 14.0. The number of aliphatic imine (C=N–C) groups is 1. The predicted octanol–water partition coefficient (Wildman–Crippen LogP) is 3.72. The molecule has 0 aliphatic carbocycles. The summed E-state index contributed by atoms with van der Waals surface area (Å²) in [6, 6.07) is 16.5. The summed E-state index contributed by atoms with van der Waals surface area (Å²) in [6.45, 7) is 3.57. The molecule has 0 radical (unpaired) electrons. The number of halogens is 1. The monoisotopic (exact) mass is 505 g/mol. The fourth-order valence-electron chi connectivity index (χ4n) is 3.01. The highest BCUT2D eigenvalue weighted by Crippen LogP contribution is 2.19. The van der Waals surface area contributed by atoms with E-state index in [-0.39, 0.29) is 24.0 Å².